The van der Waals surface area contributed by atoms with Crippen molar-refractivity contribution in [1.29, 1.82) is 0 Å². The number of nitrogens with two attached hydrogens (primary N) is 1. The Morgan fingerprint density at radius 1 is 1.32 bits per heavy atom. The van der Waals surface area contributed by atoms with Gasteiger partial charge in [-0.25, -0.2) is 0 Å². The van der Waals surface area contributed by atoms with Crippen molar-refractivity contribution >= 4 is 5.91 Å². The molecule has 1 atom stereocenters. The van der Waals surface area contributed by atoms with Gasteiger partial charge in [-0.05, 0) is 19.3 Å². The fraction of sp³-hybridized carbons (Fsp3) is 0.500. The standard InChI is InChI=1S/C14H18F2N2O/c15-14(16,11-6-2-1-3-7-11)13(19)18-9-5-4-8-12(18)10-17/h1-3,6-7,12H,4-5,8-10,17H2. The highest BCUT2D eigenvalue weighted by atomic mass is 19.3. The van der Waals surface area contributed by atoms with Crippen LogP contribution in [0.4, 0.5) is 8.78 Å². The highest BCUT2D eigenvalue weighted by molar-refractivity contribution is 5.85. The molecular weight excluding hydrogens is 250 g/mol. The number of carbonyl (C=O) groups is 1. The summed E-state index contributed by atoms with van der Waals surface area (Å²) in [6, 6.07) is 6.95. The molecule has 1 saturated heterocycles. The number of rotatable bonds is 3. The summed E-state index contributed by atoms with van der Waals surface area (Å²) in [5.74, 6) is -4.61. The van der Waals surface area contributed by atoms with Gasteiger partial charge in [0, 0.05) is 24.7 Å². The summed E-state index contributed by atoms with van der Waals surface area (Å²) in [6.07, 6.45) is 2.39. The van der Waals surface area contributed by atoms with Gasteiger partial charge in [0.25, 0.3) is 5.91 Å². The minimum absolute atomic E-state index is 0.233. The first kappa shape index (κ1) is 13.9. The Morgan fingerprint density at radius 2 is 2.00 bits per heavy atom. The molecular formula is C14H18F2N2O. The first-order chi connectivity index (χ1) is 9.07. The van der Waals surface area contributed by atoms with Crippen LogP contribution in [0.5, 0.6) is 0 Å². The van der Waals surface area contributed by atoms with E-state index >= 15 is 0 Å². The van der Waals surface area contributed by atoms with E-state index in [1.807, 2.05) is 0 Å². The Labute approximate surface area is 111 Å². The number of hydrogen-bond acceptors (Lipinski definition) is 2. The minimum atomic E-state index is -3.48. The average Bonchev–Trinajstić information content (AvgIpc) is 2.47. The van der Waals surface area contributed by atoms with Crippen LogP contribution in [0.25, 0.3) is 0 Å². The van der Waals surface area contributed by atoms with Crippen molar-refractivity contribution in [1.82, 2.24) is 4.90 Å². The first-order valence-electron chi connectivity index (χ1n) is 6.52. The number of piperidine rings is 1. The molecule has 1 unspecified atom stereocenters. The molecule has 0 saturated carbocycles. The van der Waals surface area contributed by atoms with E-state index in [-0.39, 0.29) is 18.2 Å². The second kappa shape index (κ2) is 5.65. The molecule has 2 N–H and O–H groups in total. The van der Waals surface area contributed by atoms with E-state index in [9.17, 15) is 13.6 Å². The highest BCUT2D eigenvalue weighted by Gasteiger charge is 2.45. The van der Waals surface area contributed by atoms with Gasteiger partial charge in [0.1, 0.15) is 0 Å². The molecule has 0 bridgehead atoms. The van der Waals surface area contributed by atoms with Crippen molar-refractivity contribution in [2.45, 2.75) is 31.2 Å². The molecule has 1 amide bonds. The van der Waals surface area contributed by atoms with Gasteiger partial charge in [0.15, 0.2) is 0 Å². The number of amides is 1. The molecule has 1 fully saturated rings. The van der Waals surface area contributed by atoms with Crippen molar-refractivity contribution in [3.63, 3.8) is 0 Å². The summed E-state index contributed by atoms with van der Waals surface area (Å²) in [5, 5.41) is 0. The molecule has 3 nitrogen and oxygen atoms in total. The van der Waals surface area contributed by atoms with Crippen LogP contribution in [0, 0.1) is 0 Å². The van der Waals surface area contributed by atoms with Crippen LogP contribution >= 0.6 is 0 Å². The van der Waals surface area contributed by atoms with Crippen LogP contribution in [0.15, 0.2) is 30.3 Å². The average molecular weight is 268 g/mol. The smallest absolute Gasteiger partial charge is 0.333 e. The van der Waals surface area contributed by atoms with Gasteiger partial charge < -0.3 is 10.6 Å². The third-order valence-corrected chi connectivity index (χ3v) is 3.57. The monoisotopic (exact) mass is 268 g/mol. The lowest BCUT2D eigenvalue weighted by atomic mass is 9.99. The fourth-order valence-corrected chi connectivity index (χ4v) is 2.46. The van der Waals surface area contributed by atoms with Gasteiger partial charge in [-0.2, -0.15) is 8.78 Å². The summed E-state index contributed by atoms with van der Waals surface area (Å²) in [7, 11) is 0. The molecule has 1 aliphatic rings. The molecule has 0 radical (unpaired) electrons. The van der Waals surface area contributed by atoms with E-state index in [4.69, 9.17) is 5.73 Å². The molecule has 0 aliphatic carbocycles. The maximum Gasteiger partial charge on any atom is 0.349 e. The number of halogens is 2. The quantitative estimate of drug-likeness (QED) is 0.912. The lowest BCUT2D eigenvalue weighted by Crippen LogP contribution is -2.52. The van der Waals surface area contributed by atoms with Gasteiger partial charge in [-0.1, -0.05) is 30.3 Å². The Bertz CT molecular complexity index is 436. The molecule has 1 aromatic carbocycles. The molecule has 1 heterocycles. The zero-order valence-electron chi connectivity index (χ0n) is 10.7. The lowest BCUT2D eigenvalue weighted by molar-refractivity contribution is -0.162. The highest BCUT2D eigenvalue weighted by Crippen LogP contribution is 2.32. The van der Waals surface area contributed by atoms with Crippen LogP contribution < -0.4 is 5.73 Å². The number of hydrogen-bond donors (Lipinski definition) is 1. The van der Waals surface area contributed by atoms with E-state index in [1.54, 1.807) is 6.07 Å². The Morgan fingerprint density at radius 3 is 2.63 bits per heavy atom. The van der Waals surface area contributed by atoms with Crippen molar-refractivity contribution in [2.24, 2.45) is 5.73 Å². The maximum atomic E-state index is 14.2. The van der Waals surface area contributed by atoms with Gasteiger partial charge in [0.05, 0.1) is 0 Å². The molecule has 1 aliphatic heterocycles. The zero-order chi connectivity index (χ0) is 13.9. The maximum absolute atomic E-state index is 14.2. The van der Waals surface area contributed by atoms with E-state index in [0.29, 0.717) is 13.0 Å². The van der Waals surface area contributed by atoms with Crippen molar-refractivity contribution in [2.75, 3.05) is 13.1 Å². The van der Waals surface area contributed by atoms with Gasteiger partial charge in [-0.3, -0.25) is 4.79 Å². The van der Waals surface area contributed by atoms with E-state index in [0.717, 1.165) is 12.8 Å². The molecule has 104 valence electrons. The number of benzene rings is 1. The van der Waals surface area contributed by atoms with Gasteiger partial charge in [0.2, 0.25) is 0 Å². The van der Waals surface area contributed by atoms with Crippen LogP contribution in [0.3, 0.4) is 0 Å². The van der Waals surface area contributed by atoms with Crippen LogP contribution in [0.2, 0.25) is 0 Å². The van der Waals surface area contributed by atoms with E-state index < -0.39 is 11.8 Å². The third-order valence-electron chi connectivity index (χ3n) is 3.57. The summed E-state index contributed by atoms with van der Waals surface area (Å²) in [5.41, 5.74) is 5.31. The second-order valence-electron chi connectivity index (χ2n) is 4.82. The third kappa shape index (κ3) is 2.76. The number of nitrogens with zero attached hydrogens (tertiary/aromatic N) is 1. The molecule has 2 rings (SSSR count). The first-order valence-corrected chi connectivity index (χ1v) is 6.52. The van der Waals surface area contributed by atoms with Crippen LogP contribution in [0.1, 0.15) is 24.8 Å². The minimum Gasteiger partial charge on any atom is -0.333 e. The number of carbonyl (C=O) groups excluding carboxylic acids is 1. The van der Waals surface area contributed by atoms with E-state index in [2.05, 4.69) is 0 Å². The van der Waals surface area contributed by atoms with Crippen molar-refractivity contribution in [3.05, 3.63) is 35.9 Å². The van der Waals surface area contributed by atoms with Gasteiger partial charge in [-0.15, -0.1) is 0 Å². The Hall–Kier alpha value is -1.49. The van der Waals surface area contributed by atoms with Gasteiger partial charge >= 0.3 is 5.92 Å². The topological polar surface area (TPSA) is 46.3 Å². The SMILES string of the molecule is NCC1CCCCN1C(=O)C(F)(F)c1ccccc1. The second-order valence-corrected chi connectivity index (χ2v) is 4.82. The van der Waals surface area contributed by atoms with Crippen molar-refractivity contribution < 1.29 is 13.6 Å². The normalized spacial score (nSPS) is 20.4. The largest absolute Gasteiger partial charge is 0.349 e. The molecule has 0 aromatic heterocycles. The Balaban J connectivity index is 2.22. The van der Waals surface area contributed by atoms with Crippen molar-refractivity contribution in [3.8, 4) is 0 Å². The molecule has 5 heteroatoms. The Kier molecular flexibility index (Phi) is 4.14. The summed E-state index contributed by atoms with van der Waals surface area (Å²) >= 11 is 0. The summed E-state index contributed by atoms with van der Waals surface area (Å²) in [6.45, 7) is 0.597. The van der Waals surface area contributed by atoms with E-state index in [1.165, 1.54) is 29.2 Å². The molecule has 1 aromatic rings. The number of likely N-dealkylation sites (tertiary alicyclic amines) is 1. The summed E-state index contributed by atoms with van der Waals surface area (Å²) < 4.78 is 28.4. The lowest BCUT2D eigenvalue weighted by Gasteiger charge is -2.37. The van der Waals surface area contributed by atoms with Crippen LogP contribution in [-0.4, -0.2) is 29.9 Å². The molecule has 0 spiro atoms. The predicted molar refractivity (Wildman–Crippen MR) is 68.7 cm³/mol. The predicted octanol–water partition coefficient (Wildman–Crippen LogP) is 2.12. The summed E-state index contributed by atoms with van der Waals surface area (Å²) in [4.78, 5) is 13.4. The fourth-order valence-electron chi connectivity index (χ4n) is 2.46. The molecule has 19 heavy (non-hydrogen) atoms. The number of alkyl halides is 2. The van der Waals surface area contributed by atoms with Crippen LogP contribution in [-0.2, 0) is 10.7 Å². The zero-order valence-corrected chi connectivity index (χ0v) is 10.7.